The second-order valence-corrected chi connectivity index (χ2v) is 3.06. The van der Waals surface area contributed by atoms with Crippen LogP contribution >= 0.6 is 15.9 Å². The summed E-state index contributed by atoms with van der Waals surface area (Å²) in [4.78, 5) is 4.02. The topological polar surface area (TPSA) is 56.2 Å². The molecule has 0 aliphatic carbocycles. The van der Waals surface area contributed by atoms with E-state index in [0.29, 0.717) is 5.82 Å². The van der Waals surface area contributed by atoms with Crippen LogP contribution in [0.1, 0.15) is 0 Å². The SMILES string of the molecule is Nc1cn2ncc(Br)cc2n1. The Kier molecular flexibility index (Phi) is 1.32. The fourth-order valence-corrected chi connectivity index (χ4v) is 1.17. The highest BCUT2D eigenvalue weighted by molar-refractivity contribution is 9.10. The van der Waals surface area contributed by atoms with Crippen molar-refractivity contribution in [3.05, 3.63) is 22.9 Å². The number of anilines is 1. The summed E-state index contributed by atoms with van der Waals surface area (Å²) >= 11 is 3.28. The van der Waals surface area contributed by atoms with E-state index in [0.717, 1.165) is 10.1 Å². The first-order valence-corrected chi connectivity index (χ1v) is 3.81. The minimum atomic E-state index is 0.482. The Balaban J connectivity index is 2.82. The molecule has 0 saturated heterocycles. The van der Waals surface area contributed by atoms with Crippen molar-refractivity contribution in [2.75, 3.05) is 5.73 Å². The molecular formula is C6H5BrN4. The summed E-state index contributed by atoms with van der Waals surface area (Å²) in [7, 11) is 0. The third-order valence-electron chi connectivity index (χ3n) is 1.31. The second-order valence-electron chi connectivity index (χ2n) is 2.14. The lowest BCUT2D eigenvalue weighted by Crippen LogP contribution is -1.87. The number of hydrogen-bond donors (Lipinski definition) is 1. The summed E-state index contributed by atoms with van der Waals surface area (Å²) in [5.41, 5.74) is 6.20. The fraction of sp³-hybridized carbons (Fsp3) is 0. The Hall–Kier alpha value is -1.10. The van der Waals surface area contributed by atoms with Crippen molar-refractivity contribution >= 4 is 27.4 Å². The molecule has 56 valence electrons. The summed E-state index contributed by atoms with van der Waals surface area (Å²) in [6, 6.07) is 1.85. The fourth-order valence-electron chi connectivity index (χ4n) is 0.873. The number of hydrogen-bond acceptors (Lipinski definition) is 3. The predicted octanol–water partition coefficient (Wildman–Crippen LogP) is 1.07. The number of fused-ring (bicyclic) bond motifs is 1. The van der Waals surface area contributed by atoms with Crippen molar-refractivity contribution in [2.24, 2.45) is 0 Å². The van der Waals surface area contributed by atoms with Crippen LogP contribution in [-0.4, -0.2) is 14.6 Å². The van der Waals surface area contributed by atoms with Crippen LogP contribution in [0.3, 0.4) is 0 Å². The molecule has 5 heteroatoms. The standard InChI is InChI=1S/C6H5BrN4/c7-4-1-6-10-5(8)3-11(6)9-2-4/h1-3H,8H2. The molecule has 0 aliphatic heterocycles. The molecule has 0 radical (unpaired) electrons. The molecule has 0 saturated carbocycles. The molecule has 0 unspecified atom stereocenters. The van der Waals surface area contributed by atoms with Gasteiger partial charge in [-0.15, -0.1) is 0 Å². The quantitative estimate of drug-likeness (QED) is 0.712. The number of nitrogens with two attached hydrogens (primary N) is 1. The van der Waals surface area contributed by atoms with Gasteiger partial charge in [0.15, 0.2) is 5.65 Å². The maximum absolute atomic E-state index is 5.45. The third-order valence-corrected chi connectivity index (χ3v) is 1.74. The molecule has 0 fully saturated rings. The zero-order valence-electron chi connectivity index (χ0n) is 5.53. The highest BCUT2D eigenvalue weighted by Crippen LogP contribution is 2.11. The van der Waals surface area contributed by atoms with Crippen LogP contribution < -0.4 is 5.73 Å². The highest BCUT2D eigenvalue weighted by Gasteiger charge is 1.97. The Bertz CT molecular complexity index is 394. The van der Waals surface area contributed by atoms with Gasteiger partial charge in [-0.3, -0.25) is 0 Å². The number of nitrogens with zero attached hydrogens (tertiary/aromatic N) is 3. The molecule has 2 N–H and O–H groups in total. The van der Waals surface area contributed by atoms with Gasteiger partial charge in [-0.1, -0.05) is 0 Å². The summed E-state index contributed by atoms with van der Waals surface area (Å²) in [5.74, 6) is 0.482. The van der Waals surface area contributed by atoms with Gasteiger partial charge in [0.1, 0.15) is 5.82 Å². The van der Waals surface area contributed by atoms with Gasteiger partial charge in [0.25, 0.3) is 0 Å². The van der Waals surface area contributed by atoms with Crippen molar-refractivity contribution in [3.63, 3.8) is 0 Å². The van der Waals surface area contributed by atoms with E-state index >= 15 is 0 Å². The number of aromatic nitrogens is 3. The maximum atomic E-state index is 5.45. The van der Waals surface area contributed by atoms with Crippen LogP contribution in [0.4, 0.5) is 5.82 Å². The molecule has 0 bridgehead atoms. The van der Waals surface area contributed by atoms with E-state index < -0.39 is 0 Å². The summed E-state index contributed by atoms with van der Waals surface area (Å²) < 4.78 is 2.52. The van der Waals surface area contributed by atoms with Crippen LogP contribution in [0.15, 0.2) is 22.9 Å². The molecule has 2 rings (SSSR count). The van der Waals surface area contributed by atoms with E-state index in [4.69, 9.17) is 5.73 Å². The van der Waals surface area contributed by atoms with E-state index in [1.54, 1.807) is 16.9 Å². The molecule has 0 spiro atoms. The van der Waals surface area contributed by atoms with Crippen LogP contribution in [0.2, 0.25) is 0 Å². The van der Waals surface area contributed by atoms with E-state index in [1.165, 1.54) is 0 Å². The normalized spacial score (nSPS) is 10.6. The van der Waals surface area contributed by atoms with E-state index in [2.05, 4.69) is 26.0 Å². The van der Waals surface area contributed by atoms with E-state index in [-0.39, 0.29) is 0 Å². The molecule has 0 atom stereocenters. The van der Waals surface area contributed by atoms with Gasteiger partial charge in [0.05, 0.1) is 12.4 Å². The van der Waals surface area contributed by atoms with Crippen LogP contribution in [0, 0.1) is 0 Å². The number of halogens is 1. The van der Waals surface area contributed by atoms with Gasteiger partial charge >= 0.3 is 0 Å². The van der Waals surface area contributed by atoms with Crippen molar-refractivity contribution < 1.29 is 0 Å². The van der Waals surface area contributed by atoms with Crippen molar-refractivity contribution in [3.8, 4) is 0 Å². The summed E-state index contributed by atoms with van der Waals surface area (Å²) in [6.45, 7) is 0. The van der Waals surface area contributed by atoms with Crippen LogP contribution in [-0.2, 0) is 0 Å². The maximum Gasteiger partial charge on any atom is 0.157 e. The van der Waals surface area contributed by atoms with Crippen LogP contribution in [0.25, 0.3) is 5.65 Å². The summed E-state index contributed by atoms with van der Waals surface area (Å²) in [5, 5.41) is 4.03. The van der Waals surface area contributed by atoms with Crippen molar-refractivity contribution in [1.82, 2.24) is 14.6 Å². The zero-order valence-corrected chi connectivity index (χ0v) is 7.12. The smallest absolute Gasteiger partial charge is 0.157 e. The first-order chi connectivity index (χ1) is 5.25. The Morgan fingerprint density at radius 3 is 3.18 bits per heavy atom. The predicted molar refractivity (Wildman–Crippen MR) is 45.1 cm³/mol. The Morgan fingerprint density at radius 2 is 2.36 bits per heavy atom. The minimum Gasteiger partial charge on any atom is -0.382 e. The first kappa shape index (κ1) is 6.60. The lowest BCUT2D eigenvalue weighted by Gasteiger charge is -1.89. The molecule has 2 aromatic rings. The minimum absolute atomic E-state index is 0.482. The number of rotatable bonds is 0. The van der Waals surface area contributed by atoms with Gasteiger partial charge in [-0.25, -0.2) is 9.50 Å². The molecule has 2 aromatic heterocycles. The number of nitrogen functional groups attached to an aromatic ring is 1. The molecule has 0 aliphatic rings. The van der Waals surface area contributed by atoms with Crippen molar-refractivity contribution in [2.45, 2.75) is 0 Å². The number of imidazole rings is 1. The summed E-state index contributed by atoms with van der Waals surface area (Å²) in [6.07, 6.45) is 3.36. The average Bonchev–Trinajstić information content (AvgIpc) is 2.27. The molecular weight excluding hydrogens is 208 g/mol. The lowest BCUT2D eigenvalue weighted by molar-refractivity contribution is 0.931. The highest BCUT2D eigenvalue weighted by atomic mass is 79.9. The van der Waals surface area contributed by atoms with Gasteiger partial charge in [0.2, 0.25) is 0 Å². The lowest BCUT2D eigenvalue weighted by atomic mass is 10.6. The van der Waals surface area contributed by atoms with E-state index in [9.17, 15) is 0 Å². The molecule has 11 heavy (non-hydrogen) atoms. The van der Waals surface area contributed by atoms with Crippen LogP contribution in [0.5, 0.6) is 0 Å². The Labute approximate surface area is 71.2 Å². The second kappa shape index (κ2) is 2.20. The third kappa shape index (κ3) is 1.07. The van der Waals surface area contributed by atoms with Gasteiger partial charge in [-0.05, 0) is 22.0 Å². The monoisotopic (exact) mass is 212 g/mol. The molecule has 2 heterocycles. The average molecular weight is 213 g/mol. The molecule has 0 amide bonds. The largest absolute Gasteiger partial charge is 0.382 e. The van der Waals surface area contributed by atoms with Gasteiger partial charge in [0, 0.05) is 4.47 Å². The van der Waals surface area contributed by atoms with Gasteiger partial charge in [-0.2, -0.15) is 5.10 Å². The Morgan fingerprint density at radius 1 is 1.55 bits per heavy atom. The van der Waals surface area contributed by atoms with Crippen molar-refractivity contribution in [1.29, 1.82) is 0 Å². The molecule has 0 aromatic carbocycles. The van der Waals surface area contributed by atoms with E-state index in [1.807, 2.05) is 6.07 Å². The van der Waals surface area contributed by atoms with Gasteiger partial charge < -0.3 is 5.73 Å². The molecule has 4 nitrogen and oxygen atoms in total. The first-order valence-electron chi connectivity index (χ1n) is 3.02. The zero-order chi connectivity index (χ0) is 7.84.